The molecule has 0 unspecified atom stereocenters. The molecule has 0 aromatic rings. The molecule has 0 aliphatic heterocycles. The summed E-state index contributed by atoms with van der Waals surface area (Å²) < 4.78 is 36.5. The highest BCUT2D eigenvalue weighted by molar-refractivity contribution is 4.82. The number of hydrogen-bond acceptors (Lipinski definition) is 0. The fourth-order valence-electron chi connectivity index (χ4n) is 5.06. The molecule has 2 aliphatic rings. The molecule has 0 nitrogen and oxygen atoms in total. The van der Waals surface area contributed by atoms with E-state index in [4.69, 9.17) is 0 Å². The Morgan fingerprint density at radius 3 is 1.61 bits per heavy atom. The van der Waals surface area contributed by atoms with Crippen molar-refractivity contribution in [3.8, 4) is 0 Å². The standard InChI is InChI=1S/C20H35F3/c1-2-5-16-7-11-18(12-8-16)19-13-9-17(10-14-19)6-3-4-15-20(21,22)23/h16-19H,2-15H2,1H3/t16-,17-,18-,19-. The lowest BCUT2D eigenvalue weighted by Gasteiger charge is -2.38. The van der Waals surface area contributed by atoms with Crippen molar-refractivity contribution in [2.75, 3.05) is 0 Å². The second kappa shape index (κ2) is 9.32. The average Bonchev–Trinajstić information content (AvgIpc) is 2.52. The van der Waals surface area contributed by atoms with Gasteiger partial charge < -0.3 is 0 Å². The molecule has 2 saturated carbocycles. The van der Waals surface area contributed by atoms with Gasteiger partial charge in [-0.15, -0.1) is 0 Å². The molecule has 0 radical (unpaired) electrons. The van der Waals surface area contributed by atoms with Crippen molar-refractivity contribution in [1.29, 1.82) is 0 Å². The quantitative estimate of drug-likeness (QED) is 0.423. The Morgan fingerprint density at radius 2 is 1.17 bits per heavy atom. The Morgan fingerprint density at radius 1 is 0.696 bits per heavy atom. The first-order chi connectivity index (χ1) is 11.0. The van der Waals surface area contributed by atoms with Gasteiger partial charge in [0.25, 0.3) is 0 Å². The third-order valence-electron chi connectivity index (χ3n) is 6.47. The molecule has 0 heterocycles. The summed E-state index contributed by atoms with van der Waals surface area (Å²) in [5.41, 5.74) is 0. The minimum Gasteiger partial charge on any atom is -0.171 e. The van der Waals surface area contributed by atoms with Gasteiger partial charge in [-0.05, 0) is 55.8 Å². The van der Waals surface area contributed by atoms with Crippen LogP contribution >= 0.6 is 0 Å². The molecule has 0 bridgehead atoms. The van der Waals surface area contributed by atoms with E-state index in [0.29, 0.717) is 12.3 Å². The van der Waals surface area contributed by atoms with Crippen molar-refractivity contribution in [2.24, 2.45) is 23.7 Å². The smallest absolute Gasteiger partial charge is 0.171 e. The van der Waals surface area contributed by atoms with Crippen LogP contribution < -0.4 is 0 Å². The molecular formula is C20H35F3. The van der Waals surface area contributed by atoms with Gasteiger partial charge in [0.2, 0.25) is 0 Å². The zero-order valence-electron chi connectivity index (χ0n) is 14.8. The Labute approximate surface area is 140 Å². The van der Waals surface area contributed by atoms with E-state index in [1.165, 1.54) is 64.2 Å². The fourth-order valence-corrected chi connectivity index (χ4v) is 5.06. The highest BCUT2D eigenvalue weighted by Crippen LogP contribution is 2.43. The molecule has 136 valence electrons. The molecule has 0 N–H and O–H groups in total. The molecular weight excluding hydrogens is 297 g/mol. The van der Waals surface area contributed by atoms with Gasteiger partial charge in [0.1, 0.15) is 0 Å². The number of alkyl halides is 3. The molecule has 0 spiro atoms. The normalized spacial score (nSPS) is 32.9. The molecule has 0 saturated heterocycles. The van der Waals surface area contributed by atoms with Crippen molar-refractivity contribution in [3.05, 3.63) is 0 Å². The average molecular weight is 332 g/mol. The molecule has 2 rings (SSSR count). The highest BCUT2D eigenvalue weighted by Gasteiger charge is 2.31. The lowest BCUT2D eigenvalue weighted by Crippen LogP contribution is -2.25. The van der Waals surface area contributed by atoms with E-state index in [2.05, 4.69) is 6.92 Å². The van der Waals surface area contributed by atoms with E-state index in [-0.39, 0.29) is 0 Å². The second-order valence-electron chi connectivity index (χ2n) is 8.21. The van der Waals surface area contributed by atoms with E-state index in [1.54, 1.807) is 0 Å². The second-order valence-corrected chi connectivity index (χ2v) is 8.21. The van der Waals surface area contributed by atoms with E-state index >= 15 is 0 Å². The summed E-state index contributed by atoms with van der Waals surface area (Å²) in [6.07, 6.45) is 11.3. The van der Waals surface area contributed by atoms with Crippen LogP contribution in [0.4, 0.5) is 13.2 Å². The molecule has 0 aromatic carbocycles. The van der Waals surface area contributed by atoms with Gasteiger partial charge in [-0.3, -0.25) is 0 Å². The Hall–Kier alpha value is -0.210. The summed E-state index contributed by atoms with van der Waals surface area (Å²) >= 11 is 0. The zero-order chi connectivity index (χ0) is 16.7. The maximum Gasteiger partial charge on any atom is 0.389 e. The minimum atomic E-state index is -3.96. The summed E-state index contributed by atoms with van der Waals surface area (Å²) in [6, 6.07) is 0. The number of halogens is 3. The van der Waals surface area contributed by atoms with Crippen LogP contribution in [0.3, 0.4) is 0 Å². The number of rotatable bonds is 7. The van der Waals surface area contributed by atoms with Gasteiger partial charge in [-0.25, -0.2) is 0 Å². The summed E-state index contributed by atoms with van der Waals surface area (Å²) in [7, 11) is 0. The first-order valence-corrected chi connectivity index (χ1v) is 10.0. The van der Waals surface area contributed by atoms with Crippen molar-refractivity contribution in [2.45, 2.75) is 103 Å². The zero-order valence-corrected chi connectivity index (χ0v) is 14.8. The third-order valence-corrected chi connectivity index (χ3v) is 6.47. The minimum absolute atomic E-state index is 0.324. The van der Waals surface area contributed by atoms with Gasteiger partial charge >= 0.3 is 6.18 Å². The number of unbranched alkanes of at least 4 members (excludes halogenated alkanes) is 1. The number of hydrogen-bond donors (Lipinski definition) is 0. The van der Waals surface area contributed by atoms with E-state index < -0.39 is 12.6 Å². The summed E-state index contributed by atoms with van der Waals surface area (Å²) in [5, 5.41) is 0. The Kier molecular flexibility index (Phi) is 7.75. The van der Waals surface area contributed by atoms with E-state index in [1.807, 2.05) is 0 Å². The summed E-state index contributed by atoms with van der Waals surface area (Å²) in [5.74, 6) is 3.57. The molecule has 3 heteroatoms. The van der Waals surface area contributed by atoms with Gasteiger partial charge in [0, 0.05) is 6.42 Å². The fraction of sp³-hybridized carbons (Fsp3) is 1.00. The predicted octanol–water partition coefficient (Wildman–Crippen LogP) is 7.52. The molecule has 0 aromatic heterocycles. The maximum absolute atomic E-state index is 12.2. The van der Waals surface area contributed by atoms with Crippen molar-refractivity contribution in [3.63, 3.8) is 0 Å². The van der Waals surface area contributed by atoms with Crippen molar-refractivity contribution in [1.82, 2.24) is 0 Å². The monoisotopic (exact) mass is 332 g/mol. The third kappa shape index (κ3) is 7.05. The molecule has 0 atom stereocenters. The van der Waals surface area contributed by atoms with E-state index in [0.717, 1.165) is 30.6 Å². The molecule has 23 heavy (non-hydrogen) atoms. The van der Waals surface area contributed by atoms with Gasteiger partial charge in [-0.1, -0.05) is 58.3 Å². The van der Waals surface area contributed by atoms with Crippen LogP contribution in [0.1, 0.15) is 96.8 Å². The van der Waals surface area contributed by atoms with Crippen LogP contribution in [0.25, 0.3) is 0 Å². The Bertz CT molecular complexity index is 307. The first-order valence-electron chi connectivity index (χ1n) is 10.0. The summed E-state index contributed by atoms with van der Waals surface area (Å²) in [4.78, 5) is 0. The maximum atomic E-state index is 12.2. The van der Waals surface area contributed by atoms with Gasteiger partial charge in [-0.2, -0.15) is 13.2 Å². The lowest BCUT2D eigenvalue weighted by atomic mass is 9.68. The van der Waals surface area contributed by atoms with Gasteiger partial charge in [0.05, 0.1) is 0 Å². The highest BCUT2D eigenvalue weighted by atomic mass is 19.4. The predicted molar refractivity (Wildman–Crippen MR) is 90.3 cm³/mol. The van der Waals surface area contributed by atoms with Crippen molar-refractivity contribution >= 4 is 0 Å². The Balaban J connectivity index is 1.57. The van der Waals surface area contributed by atoms with Crippen LogP contribution in [0.2, 0.25) is 0 Å². The topological polar surface area (TPSA) is 0 Å². The van der Waals surface area contributed by atoms with Crippen LogP contribution in [0, 0.1) is 23.7 Å². The lowest BCUT2D eigenvalue weighted by molar-refractivity contribution is -0.135. The molecule has 2 aliphatic carbocycles. The van der Waals surface area contributed by atoms with Crippen LogP contribution in [-0.2, 0) is 0 Å². The molecule has 0 amide bonds. The van der Waals surface area contributed by atoms with Crippen LogP contribution in [0.15, 0.2) is 0 Å². The van der Waals surface area contributed by atoms with Gasteiger partial charge in [0.15, 0.2) is 0 Å². The molecule has 2 fully saturated rings. The summed E-state index contributed by atoms with van der Waals surface area (Å²) in [6.45, 7) is 2.29. The SMILES string of the molecule is CCC[C@H]1CC[C@H]([C@H]2CC[C@H](CCCCC(F)(F)F)CC2)CC1. The first kappa shape index (κ1) is 19.1. The van der Waals surface area contributed by atoms with Crippen LogP contribution in [-0.4, -0.2) is 6.18 Å². The van der Waals surface area contributed by atoms with E-state index in [9.17, 15) is 13.2 Å². The van der Waals surface area contributed by atoms with Crippen molar-refractivity contribution < 1.29 is 13.2 Å². The van der Waals surface area contributed by atoms with Crippen LogP contribution in [0.5, 0.6) is 0 Å². The largest absolute Gasteiger partial charge is 0.389 e.